The van der Waals surface area contributed by atoms with Crippen LogP contribution in [0.3, 0.4) is 0 Å². The first kappa shape index (κ1) is 16.7. The Bertz CT molecular complexity index is 935. The second-order valence-corrected chi connectivity index (χ2v) is 6.83. The van der Waals surface area contributed by atoms with Crippen molar-refractivity contribution in [3.05, 3.63) is 54.4 Å². The van der Waals surface area contributed by atoms with Crippen molar-refractivity contribution in [2.24, 2.45) is 5.73 Å². The summed E-state index contributed by atoms with van der Waals surface area (Å²) in [6.07, 6.45) is 4.28. The highest BCUT2D eigenvalue weighted by molar-refractivity contribution is 5.90. The van der Waals surface area contributed by atoms with E-state index in [1.54, 1.807) is 12.4 Å². The molecule has 1 fully saturated rings. The van der Waals surface area contributed by atoms with E-state index in [-0.39, 0.29) is 0 Å². The van der Waals surface area contributed by atoms with Crippen molar-refractivity contribution in [2.45, 2.75) is 25.6 Å². The van der Waals surface area contributed by atoms with Crippen LogP contribution in [0.15, 0.2) is 48.8 Å². The Morgan fingerprint density at radius 2 is 2.04 bits per heavy atom. The standard InChI is InChI=1S/C20H21FN4O/c21-18-2-1-8-24(13-18)12-14-3-5-15(6-4-14)17-10-16-7-9-25(20(22)26)19(16)23-11-17/h3-7,9-11,18H,1-2,8,12-13H2,(H2,22,26). The summed E-state index contributed by atoms with van der Waals surface area (Å²) in [6.45, 7) is 2.26. The van der Waals surface area contributed by atoms with Crippen LogP contribution in [0.25, 0.3) is 22.2 Å². The monoisotopic (exact) mass is 352 g/mol. The molecule has 3 aromatic rings. The molecule has 1 aromatic carbocycles. The van der Waals surface area contributed by atoms with Gasteiger partial charge in [0.15, 0.2) is 0 Å². The number of pyridine rings is 1. The number of nitrogens with two attached hydrogens (primary N) is 1. The summed E-state index contributed by atoms with van der Waals surface area (Å²) < 4.78 is 14.9. The Labute approximate surface area is 151 Å². The molecule has 0 spiro atoms. The van der Waals surface area contributed by atoms with E-state index in [1.807, 2.05) is 12.1 Å². The highest BCUT2D eigenvalue weighted by Crippen LogP contribution is 2.24. The molecule has 1 amide bonds. The molecule has 1 unspecified atom stereocenters. The Hall–Kier alpha value is -2.73. The van der Waals surface area contributed by atoms with E-state index >= 15 is 0 Å². The van der Waals surface area contributed by atoms with Crippen molar-refractivity contribution >= 4 is 17.1 Å². The number of fused-ring (bicyclic) bond motifs is 1. The third kappa shape index (κ3) is 3.32. The molecule has 1 aliphatic heterocycles. The van der Waals surface area contributed by atoms with E-state index in [4.69, 9.17) is 5.73 Å². The van der Waals surface area contributed by atoms with E-state index in [0.717, 1.165) is 36.0 Å². The van der Waals surface area contributed by atoms with Gasteiger partial charge in [-0.3, -0.25) is 9.47 Å². The summed E-state index contributed by atoms with van der Waals surface area (Å²) in [6, 6.07) is 11.5. The number of amides is 1. The lowest BCUT2D eigenvalue weighted by Crippen LogP contribution is -2.35. The van der Waals surface area contributed by atoms with Crippen LogP contribution in [0.5, 0.6) is 0 Å². The minimum atomic E-state index is -0.700. The van der Waals surface area contributed by atoms with Gasteiger partial charge in [-0.05, 0) is 42.6 Å². The molecule has 6 heteroatoms. The first-order valence-corrected chi connectivity index (χ1v) is 8.83. The number of nitrogens with zero attached hydrogens (tertiary/aromatic N) is 3. The highest BCUT2D eigenvalue weighted by Gasteiger charge is 2.18. The van der Waals surface area contributed by atoms with Crippen molar-refractivity contribution in [1.29, 1.82) is 0 Å². The number of alkyl halides is 1. The molecule has 134 valence electrons. The predicted molar refractivity (Wildman–Crippen MR) is 99.6 cm³/mol. The van der Waals surface area contributed by atoms with Crippen LogP contribution in [0, 0.1) is 0 Å². The number of hydrogen-bond acceptors (Lipinski definition) is 3. The van der Waals surface area contributed by atoms with E-state index in [2.05, 4.69) is 34.1 Å². The molecule has 3 heterocycles. The zero-order valence-corrected chi connectivity index (χ0v) is 14.4. The van der Waals surface area contributed by atoms with Crippen molar-refractivity contribution in [1.82, 2.24) is 14.5 Å². The van der Waals surface area contributed by atoms with Gasteiger partial charge < -0.3 is 5.73 Å². The Morgan fingerprint density at radius 1 is 1.23 bits per heavy atom. The van der Waals surface area contributed by atoms with Crippen LogP contribution in [0.4, 0.5) is 9.18 Å². The fourth-order valence-electron chi connectivity index (χ4n) is 3.56. The number of hydrogen-bond donors (Lipinski definition) is 1. The predicted octanol–water partition coefficient (Wildman–Crippen LogP) is 3.56. The first-order chi connectivity index (χ1) is 12.6. The maximum atomic E-state index is 13.5. The van der Waals surface area contributed by atoms with Crippen LogP contribution in [-0.2, 0) is 6.54 Å². The lowest BCUT2D eigenvalue weighted by molar-refractivity contribution is 0.133. The van der Waals surface area contributed by atoms with Gasteiger partial charge in [-0.2, -0.15) is 0 Å². The zero-order chi connectivity index (χ0) is 18.1. The molecule has 0 bridgehead atoms. The van der Waals surface area contributed by atoms with Crippen molar-refractivity contribution in [3.63, 3.8) is 0 Å². The first-order valence-electron chi connectivity index (χ1n) is 8.83. The van der Waals surface area contributed by atoms with E-state index in [1.165, 1.54) is 10.1 Å². The average Bonchev–Trinajstić information content (AvgIpc) is 3.06. The van der Waals surface area contributed by atoms with Crippen LogP contribution in [0.1, 0.15) is 18.4 Å². The van der Waals surface area contributed by atoms with Crippen LogP contribution >= 0.6 is 0 Å². The maximum Gasteiger partial charge on any atom is 0.324 e. The van der Waals surface area contributed by atoms with Crippen molar-refractivity contribution < 1.29 is 9.18 Å². The normalized spacial score (nSPS) is 18.3. The van der Waals surface area contributed by atoms with Crippen LogP contribution in [-0.4, -0.2) is 39.7 Å². The SMILES string of the molecule is NC(=O)n1ccc2cc(-c3ccc(CN4CCCC(F)C4)cc3)cnc21. The number of aromatic nitrogens is 2. The number of primary amides is 1. The Balaban J connectivity index is 1.53. The molecule has 1 saturated heterocycles. The minimum absolute atomic E-state index is 0.527. The fraction of sp³-hybridized carbons (Fsp3) is 0.300. The third-order valence-corrected chi connectivity index (χ3v) is 4.91. The summed E-state index contributed by atoms with van der Waals surface area (Å²) in [5.41, 5.74) is 9.10. The molecule has 1 atom stereocenters. The van der Waals surface area contributed by atoms with Gasteiger partial charge >= 0.3 is 6.03 Å². The largest absolute Gasteiger partial charge is 0.351 e. The fourth-order valence-corrected chi connectivity index (χ4v) is 3.56. The molecule has 1 aliphatic rings. The van der Waals surface area contributed by atoms with Gasteiger partial charge in [0, 0.05) is 36.4 Å². The van der Waals surface area contributed by atoms with E-state index < -0.39 is 12.2 Å². The smallest absolute Gasteiger partial charge is 0.324 e. The quantitative estimate of drug-likeness (QED) is 0.784. The number of carbonyl (C=O) groups excluding carboxylic acids is 1. The second-order valence-electron chi connectivity index (χ2n) is 6.83. The maximum absolute atomic E-state index is 13.5. The van der Waals surface area contributed by atoms with Gasteiger partial charge in [0.1, 0.15) is 11.8 Å². The van der Waals surface area contributed by atoms with Crippen molar-refractivity contribution in [2.75, 3.05) is 13.1 Å². The summed E-state index contributed by atoms with van der Waals surface area (Å²) >= 11 is 0. The van der Waals surface area contributed by atoms with Gasteiger partial charge in [0.2, 0.25) is 0 Å². The molecule has 2 aromatic heterocycles. The number of rotatable bonds is 3. The second kappa shape index (κ2) is 6.88. The van der Waals surface area contributed by atoms with Gasteiger partial charge in [-0.15, -0.1) is 0 Å². The zero-order valence-electron chi connectivity index (χ0n) is 14.4. The topological polar surface area (TPSA) is 64.2 Å². The summed E-state index contributed by atoms with van der Waals surface area (Å²) in [7, 11) is 0. The molecule has 26 heavy (non-hydrogen) atoms. The number of carbonyl (C=O) groups is 1. The Morgan fingerprint density at radius 3 is 2.77 bits per heavy atom. The molecule has 0 saturated carbocycles. The van der Waals surface area contributed by atoms with E-state index in [9.17, 15) is 9.18 Å². The van der Waals surface area contributed by atoms with Gasteiger partial charge in [0.05, 0.1) is 0 Å². The van der Waals surface area contributed by atoms with Crippen LogP contribution < -0.4 is 5.73 Å². The Kier molecular flexibility index (Phi) is 4.42. The molecule has 5 nitrogen and oxygen atoms in total. The molecule has 0 aliphatic carbocycles. The number of piperidine rings is 1. The molecule has 0 radical (unpaired) electrons. The lowest BCUT2D eigenvalue weighted by Gasteiger charge is -2.28. The lowest BCUT2D eigenvalue weighted by atomic mass is 10.0. The number of halogens is 1. The van der Waals surface area contributed by atoms with Gasteiger partial charge in [0.25, 0.3) is 0 Å². The average molecular weight is 352 g/mol. The summed E-state index contributed by atoms with van der Waals surface area (Å²) in [4.78, 5) is 17.9. The van der Waals surface area contributed by atoms with Crippen molar-refractivity contribution in [3.8, 4) is 11.1 Å². The van der Waals surface area contributed by atoms with Gasteiger partial charge in [-0.25, -0.2) is 14.2 Å². The molecule has 4 rings (SSSR count). The summed E-state index contributed by atoms with van der Waals surface area (Å²) in [5, 5.41) is 0.868. The molecular weight excluding hydrogens is 331 g/mol. The highest BCUT2D eigenvalue weighted by atomic mass is 19.1. The van der Waals surface area contributed by atoms with Gasteiger partial charge in [-0.1, -0.05) is 24.3 Å². The van der Waals surface area contributed by atoms with Crippen LogP contribution in [0.2, 0.25) is 0 Å². The summed E-state index contributed by atoms with van der Waals surface area (Å²) in [5.74, 6) is 0. The number of likely N-dealkylation sites (tertiary alicyclic amines) is 1. The molecular formula is C20H21FN4O. The minimum Gasteiger partial charge on any atom is -0.351 e. The number of benzene rings is 1. The third-order valence-electron chi connectivity index (χ3n) is 4.91. The molecule has 2 N–H and O–H groups in total. The van der Waals surface area contributed by atoms with E-state index in [0.29, 0.717) is 18.6 Å².